The van der Waals surface area contributed by atoms with Crippen molar-refractivity contribution >= 4 is 11.8 Å². The van der Waals surface area contributed by atoms with Crippen molar-refractivity contribution in [3.63, 3.8) is 0 Å². The van der Waals surface area contributed by atoms with Gasteiger partial charge in [0.25, 0.3) is 0 Å². The van der Waals surface area contributed by atoms with Crippen molar-refractivity contribution in [2.45, 2.75) is 26.3 Å². The van der Waals surface area contributed by atoms with Gasteiger partial charge in [0.05, 0.1) is 12.7 Å². The van der Waals surface area contributed by atoms with Crippen molar-refractivity contribution in [3.8, 4) is 0 Å². The average Bonchev–Trinajstić information content (AvgIpc) is 2.87. The van der Waals surface area contributed by atoms with Gasteiger partial charge < -0.3 is 10.0 Å². The molecule has 1 N–H and O–H groups in total. The summed E-state index contributed by atoms with van der Waals surface area (Å²) in [6.45, 7) is 4.94. The van der Waals surface area contributed by atoms with Gasteiger partial charge in [0, 0.05) is 32.0 Å². The zero-order chi connectivity index (χ0) is 13.8. The Morgan fingerprint density at radius 1 is 1.53 bits per heavy atom. The maximum absolute atomic E-state index is 11.6. The van der Waals surface area contributed by atoms with Crippen LogP contribution in [0.3, 0.4) is 0 Å². The van der Waals surface area contributed by atoms with Gasteiger partial charge in [-0.3, -0.25) is 9.48 Å². The van der Waals surface area contributed by atoms with E-state index in [-0.39, 0.29) is 11.6 Å². The van der Waals surface area contributed by atoms with Gasteiger partial charge in [0.2, 0.25) is 0 Å². The molecule has 0 spiro atoms. The number of Topliss-reactive ketones (excluding diaryl/α,β-unsaturated/α-hetero) is 1. The lowest BCUT2D eigenvalue weighted by Gasteiger charge is -2.31. The Hall–Kier alpha value is -1.76. The van der Waals surface area contributed by atoms with Crippen molar-refractivity contribution in [2.24, 2.45) is 5.92 Å². The van der Waals surface area contributed by atoms with Crippen LogP contribution in [-0.2, 0) is 11.3 Å². The second kappa shape index (κ2) is 5.92. The molecule has 0 aliphatic carbocycles. The fourth-order valence-electron chi connectivity index (χ4n) is 2.29. The molecule has 104 valence electrons. The minimum Gasteiger partial charge on any atom is -0.476 e. The van der Waals surface area contributed by atoms with Crippen LogP contribution in [0.15, 0.2) is 6.20 Å². The predicted molar refractivity (Wildman–Crippen MR) is 66.8 cm³/mol. The molecule has 1 unspecified atom stereocenters. The summed E-state index contributed by atoms with van der Waals surface area (Å²) in [7, 11) is 0. The lowest BCUT2D eigenvalue weighted by molar-refractivity contribution is -0.126. The van der Waals surface area contributed by atoms with Gasteiger partial charge >= 0.3 is 5.97 Å². The van der Waals surface area contributed by atoms with E-state index in [9.17, 15) is 9.59 Å². The number of aromatic nitrogens is 3. The molecule has 2 rings (SSSR count). The Labute approximate surface area is 111 Å². The van der Waals surface area contributed by atoms with E-state index in [1.807, 2.05) is 6.92 Å². The van der Waals surface area contributed by atoms with Crippen molar-refractivity contribution in [3.05, 3.63) is 11.9 Å². The summed E-state index contributed by atoms with van der Waals surface area (Å²) >= 11 is 0. The third kappa shape index (κ3) is 3.37. The molecule has 1 aromatic heterocycles. The number of ketones is 1. The Balaban J connectivity index is 1.84. The standard InChI is InChI=1S/C12H18N4O3/c1-2-9-7-15(4-3-11(9)17)5-6-16-8-10(12(18)19)13-14-16/h8-9H,2-7H2,1H3,(H,18,19). The Bertz CT molecular complexity index is 471. The molecule has 19 heavy (non-hydrogen) atoms. The number of carboxylic acids is 1. The Morgan fingerprint density at radius 3 is 2.95 bits per heavy atom. The Morgan fingerprint density at radius 2 is 2.32 bits per heavy atom. The highest BCUT2D eigenvalue weighted by molar-refractivity contribution is 5.84. The summed E-state index contributed by atoms with van der Waals surface area (Å²) in [5.41, 5.74) is -0.0414. The molecule has 1 saturated heterocycles. The van der Waals surface area contributed by atoms with E-state index < -0.39 is 5.97 Å². The molecular weight excluding hydrogens is 248 g/mol. The molecule has 0 amide bonds. The monoisotopic (exact) mass is 266 g/mol. The van der Waals surface area contributed by atoms with Crippen LogP contribution in [0.5, 0.6) is 0 Å². The molecule has 7 nitrogen and oxygen atoms in total. The first-order valence-corrected chi connectivity index (χ1v) is 6.48. The van der Waals surface area contributed by atoms with E-state index in [0.717, 1.165) is 26.1 Å². The van der Waals surface area contributed by atoms with Crippen LogP contribution in [-0.4, -0.2) is 56.4 Å². The summed E-state index contributed by atoms with van der Waals surface area (Å²) in [6, 6.07) is 0. The molecule has 0 saturated carbocycles. The number of hydrogen-bond donors (Lipinski definition) is 1. The number of rotatable bonds is 5. The molecular formula is C12H18N4O3. The second-order valence-corrected chi connectivity index (χ2v) is 4.79. The minimum atomic E-state index is -1.07. The zero-order valence-electron chi connectivity index (χ0n) is 10.9. The van der Waals surface area contributed by atoms with E-state index in [1.165, 1.54) is 10.9 Å². The molecule has 1 aliphatic rings. The molecule has 1 aliphatic heterocycles. The number of carbonyl (C=O) groups excluding carboxylic acids is 1. The number of hydrogen-bond acceptors (Lipinski definition) is 5. The molecule has 7 heteroatoms. The van der Waals surface area contributed by atoms with Crippen molar-refractivity contribution < 1.29 is 14.7 Å². The van der Waals surface area contributed by atoms with E-state index in [2.05, 4.69) is 15.2 Å². The van der Waals surface area contributed by atoms with E-state index in [0.29, 0.717) is 18.7 Å². The smallest absolute Gasteiger partial charge is 0.358 e. The first-order chi connectivity index (χ1) is 9.10. The van der Waals surface area contributed by atoms with Gasteiger partial charge in [0.1, 0.15) is 5.78 Å². The first-order valence-electron chi connectivity index (χ1n) is 6.48. The number of carboxylic acid groups (broad SMARTS) is 1. The maximum atomic E-state index is 11.6. The van der Waals surface area contributed by atoms with Crippen LogP contribution in [0, 0.1) is 5.92 Å². The molecule has 0 bridgehead atoms. The van der Waals surface area contributed by atoms with Crippen molar-refractivity contribution in [1.82, 2.24) is 19.9 Å². The van der Waals surface area contributed by atoms with Crippen molar-refractivity contribution in [2.75, 3.05) is 19.6 Å². The SMILES string of the molecule is CCC1CN(CCn2cc(C(=O)O)nn2)CCC1=O. The summed E-state index contributed by atoms with van der Waals surface area (Å²) in [4.78, 5) is 24.5. The molecule has 1 atom stereocenters. The summed E-state index contributed by atoms with van der Waals surface area (Å²) < 4.78 is 1.53. The number of aromatic carboxylic acids is 1. The maximum Gasteiger partial charge on any atom is 0.358 e. The third-order valence-corrected chi connectivity index (χ3v) is 3.50. The number of likely N-dealkylation sites (tertiary alicyclic amines) is 1. The molecule has 0 radical (unpaired) electrons. The van der Waals surface area contributed by atoms with Gasteiger partial charge in [-0.25, -0.2) is 4.79 Å². The minimum absolute atomic E-state index is 0.0414. The van der Waals surface area contributed by atoms with E-state index >= 15 is 0 Å². The summed E-state index contributed by atoms with van der Waals surface area (Å²) in [5.74, 6) is -0.576. The fourth-order valence-corrected chi connectivity index (χ4v) is 2.29. The number of nitrogens with zero attached hydrogens (tertiary/aromatic N) is 4. The Kier molecular flexibility index (Phi) is 4.26. The van der Waals surface area contributed by atoms with Gasteiger partial charge in [-0.1, -0.05) is 12.1 Å². The van der Waals surface area contributed by atoms with Gasteiger partial charge in [0.15, 0.2) is 5.69 Å². The highest BCUT2D eigenvalue weighted by atomic mass is 16.4. The van der Waals surface area contributed by atoms with Crippen LogP contribution in [0.25, 0.3) is 0 Å². The first kappa shape index (κ1) is 13.7. The normalized spacial score (nSPS) is 20.7. The van der Waals surface area contributed by atoms with Crippen molar-refractivity contribution in [1.29, 1.82) is 0 Å². The highest BCUT2D eigenvalue weighted by Gasteiger charge is 2.25. The molecule has 2 heterocycles. The fraction of sp³-hybridized carbons (Fsp3) is 0.667. The summed E-state index contributed by atoms with van der Waals surface area (Å²) in [5, 5.41) is 16.1. The topological polar surface area (TPSA) is 88.3 Å². The zero-order valence-corrected chi connectivity index (χ0v) is 10.9. The average molecular weight is 266 g/mol. The largest absolute Gasteiger partial charge is 0.476 e. The number of piperidine rings is 1. The highest BCUT2D eigenvalue weighted by Crippen LogP contribution is 2.15. The predicted octanol–water partition coefficient (Wildman–Crippen LogP) is 0.277. The quantitative estimate of drug-likeness (QED) is 0.823. The van der Waals surface area contributed by atoms with Gasteiger partial charge in [-0.05, 0) is 6.42 Å². The van der Waals surface area contributed by atoms with Crippen LogP contribution >= 0.6 is 0 Å². The van der Waals surface area contributed by atoms with Crippen LogP contribution in [0.2, 0.25) is 0 Å². The molecule has 1 aromatic rings. The van der Waals surface area contributed by atoms with Gasteiger partial charge in [-0.2, -0.15) is 0 Å². The molecule has 1 fully saturated rings. The van der Waals surface area contributed by atoms with E-state index in [1.54, 1.807) is 0 Å². The lowest BCUT2D eigenvalue weighted by atomic mass is 9.94. The second-order valence-electron chi connectivity index (χ2n) is 4.79. The lowest BCUT2D eigenvalue weighted by Crippen LogP contribution is -2.41. The van der Waals surface area contributed by atoms with Gasteiger partial charge in [-0.15, -0.1) is 5.10 Å². The van der Waals surface area contributed by atoms with Crippen LogP contribution in [0.1, 0.15) is 30.3 Å². The van der Waals surface area contributed by atoms with E-state index in [4.69, 9.17) is 5.11 Å². The van der Waals surface area contributed by atoms with Crippen LogP contribution in [0.4, 0.5) is 0 Å². The summed E-state index contributed by atoms with van der Waals surface area (Å²) in [6.07, 6.45) is 2.91. The van der Waals surface area contributed by atoms with Crippen LogP contribution < -0.4 is 0 Å². The molecule has 0 aromatic carbocycles. The third-order valence-electron chi connectivity index (χ3n) is 3.50. The number of carbonyl (C=O) groups is 2.